The van der Waals surface area contributed by atoms with Gasteiger partial charge in [0.15, 0.2) is 0 Å². The third-order valence-corrected chi connectivity index (χ3v) is 13.8. The molecule has 0 atom stereocenters. The van der Waals surface area contributed by atoms with Crippen molar-refractivity contribution in [3.63, 3.8) is 0 Å². The number of nitrogens with zero attached hydrogens (tertiary/aromatic N) is 3. The quantitative estimate of drug-likeness (QED) is 0.165. The second-order valence-electron chi connectivity index (χ2n) is 15.7. The Labute approximate surface area is 332 Å². The fourth-order valence-electron chi connectivity index (χ4n) is 10.4. The Hall–Kier alpha value is -7.02. The first-order valence-corrected chi connectivity index (χ1v) is 20.4. The minimum Gasteiger partial charge on any atom is -0.468 e. The Bertz CT molecular complexity index is 3580. The summed E-state index contributed by atoms with van der Waals surface area (Å²) < 4.78 is 12.3. The van der Waals surface area contributed by atoms with Gasteiger partial charge in [-0.25, -0.2) is 0 Å². The van der Waals surface area contributed by atoms with Crippen LogP contribution in [0.5, 0.6) is 0 Å². The van der Waals surface area contributed by atoms with E-state index >= 15 is 0 Å². The molecule has 0 amide bonds. The molecular weight excluding hydrogens is 713 g/mol. The lowest BCUT2D eigenvalue weighted by molar-refractivity contribution is 0.651. The topological polar surface area (TPSA) is 24.6 Å². The van der Waals surface area contributed by atoms with Crippen LogP contribution < -0.4 is 26.4 Å². The predicted octanol–water partition coefficient (Wildman–Crippen LogP) is 12.3. The summed E-state index contributed by atoms with van der Waals surface area (Å²) in [4.78, 5) is 5.07. The van der Waals surface area contributed by atoms with Gasteiger partial charge in [-0.2, -0.15) is 0 Å². The van der Waals surface area contributed by atoms with Crippen LogP contribution in [0.4, 0.5) is 34.1 Å². The zero-order valence-electron chi connectivity index (χ0n) is 30.8. The summed E-state index contributed by atoms with van der Waals surface area (Å²) in [7, 11) is 0. The summed E-state index contributed by atoms with van der Waals surface area (Å²) in [5.74, 6) is 0. The predicted molar refractivity (Wildman–Crippen MR) is 241 cm³/mol. The Morgan fingerprint density at radius 1 is 0.509 bits per heavy atom. The molecule has 264 valence electrons. The molecule has 0 aliphatic carbocycles. The van der Waals surface area contributed by atoms with Crippen LogP contribution >= 0.6 is 11.3 Å². The van der Waals surface area contributed by atoms with Gasteiger partial charge in [0.2, 0.25) is 0 Å². The maximum absolute atomic E-state index is 7.25. The van der Waals surface area contributed by atoms with E-state index in [-0.39, 0.29) is 6.71 Å². The second kappa shape index (κ2) is 10.6. The Kier molecular flexibility index (Phi) is 5.64. The first-order chi connectivity index (χ1) is 28.2. The molecule has 6 heteroatoms. The van der Waals surface area contributed by atoms with E-state index in [2.05, 4.69) is 185 Å². The van der Waals surface area contributed by atoms with E-state index < -0.39 is 0 Å². The second-order valence-corrected chi connectivity index (χ2v) is 16.8. The van der Waals surface area contributed by atoms with Crippen molar-refractivity contribution < 1.29 is 4.42 Å². The summed E-state index contributed by atoms with van der Waals surface area (Å²) in [5, 5.41) is 6.26. The molecular formula is C51H30BN3OS. The molecule has 0 spiro atoms. The number of thiophene rings is 1. The molecule has 0 N–H and O–H groups in total. The molecule has 6 heterocycles. The Morgan fingerprint density at radius 2 is 1.26 bits per heavy atom. The van der Waals surface area contributed by atoms with Crippen LogP contribution in [-0.2, 0) is 0 Å². The third kappa shape index (κ3) is 3.79. The molecule has 4 nitrogen and oxygen atoms in total. The van der Waals surface area contributed by atoms with Crippen molar-refractivity contribution in [1.29, 1.82) is 0 Å². The average Bonchev–Trinajstić information content (AvgIpc) is 3.93. The molecule has 0 fully saturated rings. The largest absolute Gasteiger partial charge is 0.468 e. The number of fused-ring (bicyclic) bond motifs is 14. The zero-order chi connectivity index (χ0) is 37.1. The fraction of sp³-hybridized carbons (Fsp3) is 0.0196. The first-order valence-electron chi connectivity index (χ1n) is 19.6. The molecule has 57 heavy (non-hydrogen) atoms. The molecule has 3 aromatic heterocycles. The summed E-state index contributed by atoms with van der Waals surface area (Å²) in [6.07, 6.45) is 0. The van der Waals surface area contributed by atoms with Gasteiger partial charge >= 0.3 is 0 Å². The summed E-state index contributed by atoms with van der Waals surface area (Å²) in [6, 6.07) is 60.6. The van der Waals surface area contributed by atoms with E-state index in [0.29, 0.717) is 0 Å². The zero-order valence-corrected chi connectivity index (χ0v) is 31.6. The van der Waals surface area contributed by atoms with Gasteiger partial charge in [0.25, 0.3) is 6.71 Å². The minimum atomic E-state index is -0.115. The number of anilines is 6. The number of aromatic nitrogens is 1. The molecule has 3 aliphatic rings. The highest BCUT2D eigenvalue weighted by molar-refractivity contribution is 7.25. The van der Waals surface area contributed by atoms with Gasteiger partial charge in [0.05, 0.1) is 39.4 Å². The highest BCUT2D eigenvalue weighted by Gasteiger charge is 2.48. The number of para-hydroxylation sites is 3. The van der Waals surface area contributed by atoms with E-state index in [1.807, 2.05) is 11.3 Å². The van der Waals surface area contributed by atoms with E-state index in [1.54, 1.807) is 0 Å². The van der Waals surface area contributed by atoms with Crippen LogP contribution in [0.2, 0.25) is 0 Å². The highest BCUT2D eigenvalue weighted by Crippen LogP contribution is 2.53. The standard InChI is InChI=1S/C51H30BN3OS/c1-29-25-42-47-43(26-29)55-40-18-9-15-36-33-13-5-7-17-39(33)54(48(36)40)41-19-10-16-38(50(41)55)52(47)51-49(37-27-31(21-24-44(37)56-51)30-11-3-2-4-12-30)53(42)32-22-23-35-34-14-6-8-20-45(34)57-46(35)28-32/h2-28H,1H3. The molecule has 0 bridgehead atoms. The van der Waals surface area contributed by atoms with Gasteiger partial charge in [-0.1, -0.05) is 103 Å². The SMILES string of the molecule is Cc1cc2c3c(c1)N1c4c(cccc4-n4c5ccccc5c5cccc1c54)B3c1oc3ccc(-c4ccccc4)cc3c1N2c1ccc2c(c1)sc1ccccc12. The maximum Gasteiger partial charge on any atom is 0.297 e. The monoisotopic (exact) mass is 743 g/mol. The molecule has 8 aromatic carbocycles. The number of rotatable bonds is 2. The van der Waals surface area contributed by atoms with Crippen molar-refractivity contribution in [2.75, 3.05) is 9.80 Å². The molecule has 11 aromatic rings. The molecule has 0 unspecified atom stereocenters. The highest BCUT2D eigenvalue weighted by atomic mass is 32.1. The molecule has 3 aliphatic heterocycles. The van der Waals surface area contributed by atoms with E-state index in [4.69, 9.17) is 4.42 Å². The Morgan fingerprint density at radius 3 is 2.18 bits per heavy atom. The smallest absolute Gasteiger partial charge is 0.297 e. The van der Waals surface area contributed by atoms with Crippen LogP contribution in [0.1, 0.15) is 5.56 Å². The molecule has 0 radical (unpaired) electrons. The van der Waals surface area contributed by atoms with E-state index in [1.165, 1.54) is 98.0 Å². The van der Waals surface area contributed by atoms with Crippen LogP contribution in [0.15, 0.2) is 168 Å². The molecule has 0 saturated carbocycles. The number of hydrogen-bond acceptors (Lipinski definition) is 4. The van der Waals surface area contributed by atoms with Gasteiger partial charge in [-0.3, -0.25) is 0 Å². The van der Waals surface area contributed by atoms with Gasteiger partial charge in [-0.05, 0) is 95.2 Å². The van der Waals surface area contributed by atoms with Crippen molar-refractivity contribution in [3.8, 4) is 16.8 Å². The number of aryl methyl sites for hydroxylation is 1. The van der Waals surface area contributed by atoms with E-state index in [9.17, 15) is 0 Å². The van der Waals surface area contributed by atoms with E-state index in [0.717, 1.165) is 28.0 Å². The van der Waals surface area contributed by atoms with Gasteiger partial charge < -0.3 is 18.8 Å². The number of furan rings is 1. The van der Waals surface area contributed by atoms with Crippen LogP contribution in [0, 0.1) is 6.92 Å². The van der Waals surface area contributed by atoms with Crippen molar-refractivity contribution in [1.82, 2.24) is 4.57 Å². The van der Waals surface area contributed by atoms with Gasteiger partial charge in [0.1, 0.15) is 5.58 Å². The van der Waals surface area contributed by atoms with Crippen molar-refractivity contribution >= 4 is 122 Å². The lowest BCUT2D eigenvalue weighted by Gasteiger charge is -2.44. The fourth-order valence-corrected chi connectivity index (χ4v) is 11.6. The summed E-state index contributed by atoms with van der Waals surface area (Å²) >= 11 is 1.87. The number of benzene rings is 8. The van der Waals surface area contributed by atoms with Crippen molar-refractivity contribution in [2.45, 2.75) is 6.92 Å². The summed E-state index contributed by atoms with van der Waals surface area (Å²) in [6.45, 7) is 2.13. The molecule has 0 saturated heterocycles. The molecule has 14 rings (SSSR count). The third-order valence-electron chi connectivity index (χ3n) is 12.7. The lowest BCUT2D eigenvalue weighted by atomic mass is 9.35. The van der Waals surface area contributed by atoms with Crippen molar-refractivity contribution in [3.05, 3.63) is 169 Å². The van der Waals surface area contributed by atoms with Crippen LogP contribution in [-0.4, -0.2) is 11.3 Å². The first kappa shape index (κ1) is 30.2. The average molecular weight is 744 g/mol. The summed E-state index contributed by atoms with van der Waals surface area (Å²) in [5.41, 5.74) is 18.8. The van der Waals surface area contributed by atoms with Crippen LogP contribution in [0.3, 0.4) is 0 Å². The number of hydrogen-bond donors (Lipinski definition) is 0. The minimum absolute atomic E-state index is 0.115. The Balaban J connectivity index is 1.12. The van der Waals surface area contributed by atoms with Crippen molar-refractivity contribution in [2.24, 2.45) is 0 Å². The van der Waals surface area contributed by atoms with Crippen LogP contribution in [0.25, 0.3) is 69.8 Å². The normalized spacial score (nSPS) is 13.6. The van der Waals surface area contributed by atoms with Gasteiger partial charge in [-0.15, -0.1) is 11.3 Å². The lowest BCUT2D eigenvalue weighted by Crippen LogP contribution is -2.61. The van der Waals surface area contributed by atoms with Gasteiger partial charge in [0, 0.05) is 53.4 Å². The maximum atomic E-state index is 7.25.